The van der Waals surface area contributed by atoms with Crippen molar-refractivity contribution in [3.8, 4) is 11.5 Å². The second-order valence-electron chi connectivity index (χ2n) is 9.40. The van der Waals surface area contributed by atoms with E-state index in [-0.39, 0.29) is 24.5 Å². The summed E-state index contributed by atoms with van der Waals surface area (Å²) >= 11 is 0. The van der Waals surface area contributed by atoms with Crippen LogP contribution in [0.15, 0.2) is 36.5 Å². The van der Waals surface area contributed by atoms with Gasteiger partial charge in [-0.2, -0.15) is 26.3 Å². The van der Waals surface area contributed by atoms with Crippen molar-refractivity contribution < 1.29 is 45.4 Å². The zero-order valence-electron chi connectivity index (χ0n) is 20.9. The van der Waals surface area contributed by atoms with Crippen molar-refractivity contribution in [2.45, 2.75) is 57.8 Å². The summed E-state index contributed by atoms with van der Waals surface area (Å²) in [6, 6.07) is 4.79. The molecule has 0 saturated heterocycles. The summed E-state index contributed by atoms with van der Waals surface area (Å²) in [5.74, 6) is -4.20. The van der Waals surface area contributed by atoms with E-state index in [9.17, 15) is 35.9 Å². The first-order valence-corrected chi connectivity index (χ1v) is 12.4. The molecule has 6 nitrogen and oxygen atoms in total. The number of aromatic amines is 1. The van der Waals surface area contributed by atoms with Gasteiger partial charge in [0.2, 0.25) is 0 Å². The van der Waals surface area contributed by atoms with Crippen LogP contribution in [0.3, 0.4) is 0 Å². The van der Waals surface area contributed by atoms with Crippen LogP contribution in [0.4, 0.5) is 32.0 Å². The van der Waals surface area contributed by atoms with E-state index >= 15 is 0 Å². The van der Waals surface area contributed by atoms with Gasteiger partial charge in [-0.25, -0.2) is 4.79 Å². The third-order valence-corrected chi connectivity index (χ3v) is 6.61. The number of fused-ring (bicyclic) bond motifs is 1. The molecule has 0 unspecified atom stereocenters. The third kappa shape index (κ3) is 6.66. The predicted molar refractivity (Wildman–Crippen MR) is 130 cm³/mol. The first kappa shape index (κ1) is 28.3. The number of alkyl halides is 6. The lowest BCUT2D eigenvalue weighted by atomic mass is 9.85. The SMILES string of the molecule is CCOC(=O)C(=O)Nc1cc(C(F)(F)F)c(Oc2ccc3[nH]cc(CC4CCCCC4)c3c2)c(C(F)(F)F)c1. The van der Waals surface area contributed by atoms with Crippen molar-refractivity contribution in [3.05, 3.63) is 53.2 Å². The van der Waals surface area contributed by atoms with Crippen LogP contribution >= 0.6 is 0 Å². The molecule has 0 aliphatic heterocycles. The highest BCUT2D eigenvalue weighted by Gasteiger charge is 2.43. The van der Waals surface area contributed by atoms with Gasteiger partial charge in [0.1, 0.15) is 16.9 Å². The molecule has 1 saturated carbocycles. The molecule has 39 heavy (non-hydrogen) atoms. The third-order valence-electron chi connectivity index (χ3n) is 6.61. The Morgan fingerprint density at radius 1 is 0.974 bits per heavy atom. The molecule has 1 aliphatic rings. The molecule has 1 fully saturated rings. The van der Waals surface area contributed by atoms with Gasteiger partial charge in [-0.05, 0) is 55.2 Å². The number of aromatic nitrogens is 1. The maximum absolute atomic E-state index is 14.0. The van der Waals surface area contributed by atoms with Crippen LogP contribution in [0.5, 0.6) is 11.5 Å². The monoisotopic (exact) mass is 556 g/mol. The van der Waals surface area contributed by atoms with Gasteiger partial charge >= 0.3 is 24.2 Å². The van der Waals surface area contributed by atoms with Crippen LogP contribution in [0.25, 0.3) is 10.9 Å². The molecule has 1 heterocycles. The van der Waals surface area contributed by atoms with Crippen molar-refractivity contribution in [3.63, 3.8) is 0 Å². The molecule has 0 spiro atoms. The molecule has 2 N–H and O–H groups in total. The minimum absolute atomic E-state index is 0.214. The molecule has 1 aliphatic carbocycles. The number of hydrogen-bond acceptors (Lipinski definition) is 4. The largest absolute Gasteiger partial charge is 0.459 e. The van der Waals surface area contributed by atoms with E-state index in [0.717, 1.165) is 37.7 Å². The summed E-state index contributed by atoms with van der Waals surface area (Å²) in [5, 5.41) is 2.39. The van der Waals surface area contributed by atoms with Crippen LogP contribution in [0.2, 0.25) is 0 Å². The van der Waals surface area contributed by atoms with E-state index in [4.69, 9.17) is 4.74 Å². The van der Waals surface area contributed by atoms with Crippen LogP contribution in [-0.2, 0) is 33.1 Å². The van der Waals surface area contributed by atoms with Crippen molar-refractivity contribution in [2.75, 3.05) is 11.9 Å². The van der Waals surface area contributed by atoms with E-state index in [0.29, 0.717) is 16.8 Å². The number of H-pyrrole nitrogens is 1. The molecule has 210 valence electrons. The summed E-state index contributed by atoms with van der Waals surface area (Å²) in [4.78, 5) is 26.5. The summed E-state index contributed by atoms with van der Waals surface area (Å²) in [6.45, 7) is 1.17. The summed E-state index contributed by atoms with van der Waals surface area (Å²) in [7, 11) is 0. The maximum Gasteiger partial charge on any atom is 0.420 e. The molecule has 3 aromatic rings. The maximum atomic E-state index is 14.0. The Morgan fingerprint density at radius 2 is 1.62 bits per heavy atom. The second kappa shape index (κ2) is 11.2. The Morgan fingerprint density at radius 3 is 2.21 bits per heavy atom. The normalized spacial score (nSPS) is 14.8. The number of halogens is 6. The Hall–Kier alpha value is -3.70. The first-order chi connectivity index (χ1) is 18.4. The summed E-state index contributed by atoms with van der Waals surface area (Å²) < 4.78 is 93.7. The van der Waals surface area contributed by atoms with E-state index in [1.807, 2.05) is 0 Å². The van der Waals surface area contributed by atoms with E-state index in [1.54, 1.807) is 11.5 Å². The first-order valence-electron chi connectivity index (χ1n) is 12.4. The highest BCUT2D eigenvalue weighted by atomic mass is 19.4. The highest BCUT2D eigenvalue weighted by Crippen LogP contribution is 2.47. The Labute approximate surface area is 219 Å². The quantitative estimate of drug-likeness (QED) is 0.186. The zero-order chi connectivity index (χ0) is 28.4. The van der Waals surface area contributed by atoms with Crippen molar-refractivity contribution in [2.24, 2.45) is 5.92 Å². The van der Waals surface area contributed by atoms with Crippen molar-refractivity contribution in [1.82, 2.24) is 4.98 Å². The van der Waals surface area contributed by atoms with Gasteiger partial charge in [0.15, 0.2) is 5.75 Å². The lowest BCUT2D eigenvalue weighted by Crippen LogP contribution is -2.25. The molecule has 0 bridgehead atoms. The van der Waals surface area contributed by atoms with Gasteiger partial charge in [-0.1, -0.05) is 32.1 Å². The van der Waals surface area contributed by atoms with Crippen LogP contribution < -0.4 is 10.1 Å². The fourth-order valence-electron chi connectivity index (χ4n) is 4.82. The minimum Gasteiger partial charge on any atom is -0.459 e. The number of benzene rings is 2. The standard InChI is InChI=1S/C27H26F6N2O4/c1-2-38-25(37)24(36)35-17-11-20(26(28,29)30)23(21(12-17)27(31,32)33)39-18-8-9-22-19(13-18)16(14-34-22)10-15-6-4-3-5-7-15/h8-9,11-15,34H,2-7,10H2,1H3,(H,35,36). The number of carbonyl (C=O) groups is 2. The molecule has 0 radical (unpaired) electrons. The molecule has 1 aromatic heterocycles. The molecular weight excluding hydrogens is 530 g/mol. The molecule has 0 atom stereocenters. The zero-order valence-corrected chi connectivity index (χ0v) is 20.9. The summed E-state index contributed by atoms with van der Waals surface area (Å²) in [6.07, 6.45) is -2.49. The van der Waals surface area contributed by atoms with E-state index in [2.05, 4.69) is 9.72 Å². The number of rotatable bonds is 6. The van der Waals surface area contributed by atoms with Crippen LogP contribution in [0.1, 0.15) is 55.7 Å². The number of carbonyl (C=O) groups excluding carboxylic acids is 2. The van der Waals surface area contributed by atoms with Gasteiger partial charge in [-0.3, -0.25) is 4.79 Å². The fraction of sp³-hybridized carbons (Fsp3) is 0.407. The van der Waals surface area contributed by atoms with Gasteiger partial charge in [0, 0.05) is 22.8 Å². The van der Waals surface area contributed by atoms with Gasteiger partial charge in [0.05, 0.1) is 6.61 Å². The van der Waals surface area contributed by atoms with Crippen molar-refractivity contribution in [1.29, 1.82) is 0 Å². The minimum atomic E-state index is -5.29. The second-order valence-corrected chi connectivity index (χ2v) is 9.40. The molecule has 12 heteroatoms. The Kier molecular flexibility index (Phi) is 8.12. The van der Waals surface area contributed by atoms with Crippen LogP contribution in [0, 0.1) is 5.92 Å². The number of esters is 1. The number of hydrogen-bond donors (Lipinski definition) is 2. The lowest BCUT2D eigenvalue weighted by molar-refractivity contribution is -0.152. The Bertz CT molecular complexity index is 1320. The fourth-order valence-corrected chi connectivity index (χ4v) is 4.82. The highest BCUT2D eigenvalue weighted by molar-refractivity contribution is 6.37. The molecule has 1 amide bonds. The molecule has 2 aromatic carbocycles. The topological polar surface area (TPSA) is 80.4 Å². The summed E-state index contributed by atoms with van der Waals surface area (Å²) in [5.41, 5.74) is -2.85. The lowest BCUT2D eigenvalue weighted by Gasteiger charge is -2.21. The number of anilines is 1. The predicted octanol–water partition coefficient (Wildman–Crippen LogP) is 7.62. The van der Waals surface area contributed by atoms with E-state index < -0.39 is 46.8 Å². The van der Waals surface area contributed by atoms with E-state index in [1.165, 1.54) is 31.5 Å². The number of ether oxygens (including phenoxy) is 2. The smallest absolute Gasteiger partial charge is 0.420 e. The Balaban J connectivity index is 1.73. The average molecular weight is 557 g/mol. The number of amides is 1. The van der Waals surface area contributed by atoms with Gasteiger partial charge < -0.3 is 19.8 Å². The number of nitrogens with one attached hydrogen (secondary N) is 2. The van der Waals surface area contributed by atoms with Gasteiger partial charge in [-0.15, -0.1) is 0 Å². The van der Waals surface area contributed by atoms with Crippen molar-refractivity contribution >= 4 is 28.5 Å². The van der Waals surface area contributed by atoms with Crippen LogP contribution in [-0.4, -0.2) is 23.5 Å². The molecule has 4 rings (SSSR count). The molecular formula is C27H26F6N2O4. The van der Waals surface area contributed by atoms with Gasteiger partial charge in [0.25, 0.3) is 0 Å². The average Bonchev–Trinajstić information content (AvgIpc) is 3.26.